The third kappa shape index (κ3) is 13.4. The SMILES string of the molecule is C=C/C=C(\C=C/COC)c1ccccc1.C=CC1=C(/C=C\CNC2C=C3C(=CC2)C(C)(C)C2=C3C=CCC2COOC)C2=C(C=CCC2OC)C12c1ccccc1-c1ccccc12.CC.CC.CCCO.CCO. The number of allylic oxidation sites excluding steroid dienone is 14. The van der Waals surface area contributed by atoms with E-state index in [1.807, 2.05) is 78.2 Å². The van der Waals surface area contributed by atoms with Gasteiger partial charge in [0.2, 0.25) is 0 Å². The van der Waals surface area contributed by atoms with Crippen molar-refractivity contribution >= 4 is 5.57 Å². The Morgan fingerprint density at radius 3 is 2.01 bits per heavy atom. The molecule has 7 nitrogen and oxygen atoms in total. The van der Waals surface area contributed by atoms with Crippen molar-refractivity contribution in [2.75, 3.05) is 54.3 Å². The molecule has 0 saturated heterocycles. The predicted octanol–water partition coefficient (Wildman–Crippen LogP) is 14.9. The van der Waals surface area contributed by atoms with Gasteiger partial charge in [0, 0.05) is 51.4 Å². The summed E-state index contributed by atoms with van der Waals surface area (Å²) in [5, 5.41) is 19.3. The second-order valence-electron chi connectivity index (χ2n) is 18.3. The Kier molecular flexibility index (Phi) is 25.7. The minimum atomic E-state index is -0.402. The van der Waals surface area contributed by atoms with Gasteiger partial charge in [0.1, 0.15) is 0 Å². The van der Waals surface area contributed by atoms with E-state index in [4.69, 9.17) is 29.5 Å². The Labute approximate surface area is 446 Å². The highest BCUT2D eigenvalue weighted by atomic mass is 17.2. The monoisotopic (exact) mass is 1000 g/mol. The van der Waals surface area contributed by atoms with Crippen LogP contribution in [0.1, 0.15) is 97.8 Å². The van der Waals surface area contributed by atoms with Crippen LogP contribution in [-0.2, 0) is 24.7 Å². The molecule has 3 aromatic rings. The van der Waals surface area contributed by atoms with E-state index >= 15 is 0 Å². The summed E-state index contributed by atoms with van der Waals surface area (Å²) in [6.45, 7) is 27.0. The first-order valence-corrected chi connectivity index (χ1v) is 26.8. The molecule has 0 amide bonds. The number of rotatable bonds is 15. The topological polar surface area (TPSA) is 89.4 Å². The van der Waals surface area contributed by atoms with Crippen LogP contribution in [0.5, 0.6) is 0 Å². The Balaban J connectivity index is 0.000000380. The summed E-state index contributed by atoms with van der Waals surface area (Å²) in [7, 11) is 5.11. The van der Waals surface area contributed by atoms with Gasteiger partial charge < -0.3 is 25.0 Å². The first-order chi connectivity index (χ1) is 36.2. The second kappa shape index (κ2) is 31.2. The van der Waals surface area contributed by atoms with Crippen molar-refractivity contribution in [3.63, 3.8) is 0 Å². The smallest absolute Gasteiger partial charge is 0.0891 e. The van der Waals surface area contributed by atoms with Gasteiger partial charge in [0.15, 0.2) is 0 Å². The van der Waals surface area contributed by atoms with E-state index in [2.05, 4.69) is 148 Å². The molecule has 6 aliphatic rings. The fraction of sp³-hybridized carbons (Fsp3) is 0.373. The average molecular weight is 1000 g/mol. The van der Waals surface area contributed by atoms with Crippen molar-refractivity contribution in [1.29, 1.82) is 0 Å². The number of aliphatic hydroxyl groups excluding tert-OH is 2. The molecule has 1 spiro atoms. The lowest BCUT2D eigenvalue weighted by atomic mass is 9.68. The summed E-state index contributed by atoms with van der Waals surface area (Å²) in [5.74, 6) is 0.326. The molecule has 0 radical (unpaired) electrons. The summed E-state index contributed by atoms with van der Waals surface area (Å²) in [6, 6.07) is 28.3. The van der Waals surface area contributed by atoms with Crippen LogP contribution in [-0.4, -0.2) is 76.7 Å². The zero-order valence-corrected chi connectivity index (χ0v) is 46.5. The lowest BCUT2D eigenvalue weighted by molar-refractivity contribution is -0.278. The van der Waals surface area contributed by atoms with Crippen LogP contribution in [0.25, 0.3) is 16.7 Å². The van der Waals surface area contributed by atoms with Crippen molar-refractivity contribution < 1.29 is 29.5 Å². The molecule has 0 heterocycles. The van der Waals surface area contributed by atoms with Gasteiger partial charge in [-0.1, -0.05) is 219 Å². The molecular weight excluding hydrogens is 915 g/mol. The van der Waals surface area contributed by atoms with Crippen LogP contribution in [0.2, 0.25) is 0 Å². The van der Waals surface area contributed by atoms with Crippen LogP contribution < -0.4 is 5.32 Å². The molecule has 396 valence electrons. The van der Waals surface area contributed by atoms with E-state index in [9.17, 15) is 0 Å². The number of hydrogen-bond acceptors (Lipinski definition) is 7. The van der Waals surface area contributed by atoms with Gasteiger partial charge in [-0.3, -0.25) is 0 Å². The van der Waals surface area contributed by atoms with Crippen LogP contribution >= 0.6 is 0 Å². The van der Waals surface area contributed by atoms with Crippen LogP contribution in [0, 0.1) is 11.3 Å². The first kappa shape index (κ1) is 60.8. The number of methoxy groups -OCH3 is 2. The minimum Gasteiger partial charge on any atom is -0.397 e. The Bertz CT molecular complexity index is 2560. The van der Waals surface area contributed by atoms with Gasteiger partial charge in [-0.15, -0.1) is 0 Å². The number of benzene rings is 3. The quantitative estimate of drug-likeness (QED) is 0.0794. The maximum Gasteiger partial charge on any atom is 0.0891 e. The van der Waals surface area contributed by atoms with Gasteiger partial charge in [-0.25, -0.2) is 9.78 Å². The largest absolute Gasteiger partial charge is 0.397 e. The molecule has 3 aromatic carbocycles. The Hall–Kier alpha value is -5.74. The fourth-order valence-corrected chi connectivity index (χ4v) is 11.0. The molecule has 3 atom stereocenters. The first-order valence-electron chi connectivity index (χ1n) is 26.8. The molecular formula is C67H87NO6. The van der Waals surface area contributed by atoms with Gasteiger partial charge >= 0.3 is 0 Å². The standard InChI is InChI=1S/C44H45NO3.C14H16O.C3H8O.C2H6O.2C2H6/c1-6-35-33(18-13-25-45-29-23-24-36-34(26-29)32-17-11-14-28(27-48-47-5)42(32)43(36,2)3)41-39(21-12-22-40(41)46-4)44(35)37-19-9-7-15-30(37)31-16-8-10-20-38(31)44;1-3-8-13(11-7-12-15-2)14-9-5-4-6-10-14;1-2-3-4;1-2-3;2*1-2/h6-13,15-21,24,26,28-29,40,45H,1,14,22-23,25,27H2,2-5H3;3-11H,1,12H2,2H3;4H,2-3H2,1H3;3H,2H2,1H3;2*1-2H3/b18-13-;11-7-,13-8+;;;;. The summed E-state index contributed by atoms with van der Waals surface area (Å²) in [5.41, 5.74) is 17.9. The number of nitrogens with one attached hydrogen (secondary N) is 1. The van der Waals surface area contributed by atoms with E-state index in [0.717, 1.165) is 37.8 Å². The van der Waals surface area contributed by atoms with Crippen molar-refractivity contribution in [2.45, 2.75) is 98.6 Å². The lowest BCUT2D eigenvalue weighted by Crippen LogP contribution is -2.30. The van der Waals surface area contributed by atoms with Gasteiger partial charge in [0.25, 0.3) is 0 Å². The van der Waals surface area contributed by atoms with Gasteiger partial charge in [0.05, 0.1) is 31.8 Å². The van der Waals surface area contributed by atoms with E-state index in [1.165, 1.54) is 72.4 Å². The van der Waals surface area contributed by atoms with E-state index in [0.29, 0.717) is 25.7 Å². The molecule has 9 rings (SSSR count). The number of aliphatic hydroxyl groups is 2. The zero-order chi connectivity index (χ0) is 54.1. The van der Waals surface area contributed by atoms with E-state index in [-0.39, 0.29) is 24.2 Å². The highest BCUT2D eigenvalue weighted by molar-refractivity contribution is 5.90. The van der Waals surface area contributed by atoms with Gasteiger partial charge in [-0.2, -0.15) is 0 Å². The molecule has 0 saturated carbocycles. The Morgan fingerprint density at radius 2 is 1.43 bits per heavy atom. The molecule has 3 unspecified atom stereocenters. The molecule has 0 bridgehead atoms. The van der Waals surface area contributed by atoms with Gasteiger partial charge in [-0.05, 0) is 111 Å². The summed E-state index contributed by atoms with van der Waals surface area (Å²) in [4.78, 5) is 10.4. The highest BCUT2D eigenvalue weighted by Gasteiger charge is 2.53. The number of fused-ring (bicyclic) bond motifs is 8. The second-order valence-corrected chi connectivity index (χ2v) is 18.3. The lowest BCUT2D eigenvalue weighted by Gasteiger charge is -2.33. The van der Waals surface area contributed by atoms with Crippen LogP contribution in [0.4, 0.5) is 0 Å². The maximum absolute atomic E-state index is 7.88. The van der Waals surface area contributed by atoms with E-state index < -0.39 is 5.41 Å². The van der Waals surface area contributed by atoms with Crippen LogP contribution in [0.3, 0.4) is 0 Å². The predicted molar refractivity (Wildman–Crippen MR) is 313 cm³/mol. The molecule has 0 aromatic heterocycles. The normalized spacial score (nSPS) is 19.9. The molecule has 6 aliphatic carbocycles. The fourth-order valence-electron chi connectivity index (χ4n) is 11.0. The van der Waals surface area contributed by atoms with Crippen molar-refractivity contribution in [3.8, 4) is 11.1 Å². The number of ether oxygens (including phenoxy) is 2. The minimum absolute atomic E-state index is 0.00616. The molecule has 0 fully saturated rings. The average Bonchev–Trinajstić information content (AvgIpc) is 4.00. The van der Waals surface area contributed by atoms with Crippen LogP contribution in [0.15, 0.2) is 216 Å². The molecule has 7 heteroatoms. The van der Waals surface area contributed by atoms with Crippen molar-refractivity contribution in [2.24, 2.45) is 11.3 Å². The third-order valence-corrected chi connectivity index (χ3v) is 13.7. The summed E-state index contributed by atoms with van der Waals surface area (Å²) in [6.07, 6.45) is 32.4. The summed E-state index contributed by atoms with van der Waals surface area (Å²) < 4.78 is 11.1. The zero-order valence-electron chi connectivity index (χ0n) is 46.5. The van der Waals surface area contributed by atoms with E-state index in [1.54, 1.807) is 27.2 Å². The highest BCUT2D eigenvalue weighted by Crippen LogP contribution is 2.63. The van der Waals surface area contributed by atoms with Crippen molar-refractivity contribution in [3.05, 3.63) is 232 Å². The summed E-state index contributed by atoms with van der Waals surface area (Å²) >= 11 is 0. The Morgan fingerprint density at radius 1 is 0.811 bits per heavy atom. The molecule has 3 N–H and O–H groups in total. The molecule has 0 aliphatic heterocycles. The number of hydrogen-bond donors (Lipinski definition) is 3. The van der Waals surface area contributed by atoms with Crippen molar-refractivity contribution in [1.82, 2.24) is 5.32 Å². The maximum atomic E-state index is 7.88. The molecule has 74 heavy (non-hydrogen) atoms. The third-order valence-electron chi connectivity index (χ3n) is 13.7.